The van der Waals surface area contributed by atoms with Gasteiger partial charge in [0, 0.05) is 6.08 Å². The highest BCUT2D eigenvalue weighted by Crippen LogP contribution is 2.29. The number of hydrogen-bond donors (Lipinski definition) is 1. The molecular weight excluding hydrogens is 388 g/mol. The fraction of sp³-hybridized carbons (Fsp3) is 0.0455. The van der Waals surface area contributed by atoms with Crippen molar-refractivity contribution in [3.8, 4) is 0 Å². The van der Waals surface area contributed by atoms with Crippen LogP contribution < -0.4 is 5.32 Å². The summed E-state index contributed by atoms with van der Waals surface area (Å²) in [6.45, 7) is 0.265. The molecule has 2 aromatic heterocycles. The monoisotopic (exact) mass is 406 g/mol. The van der Waals surface area contributed by atoms with Gasteiger partial charge in [-0.3, -0.25) is 0 Å². The molecule has 0 amide bonds. The number of nitrogens with one attached hydrogen (secondary N) is 1. The number of benzene rings is 2. The number of oxazole rings is 1. The molecule has 0 fully saturated rings. The third-order valence-electron chi connectivity index (χ3n) is 4.14. The predicted octanol–water partition coefficient (Wildman–Crippen LogP) is 4.88. The number of nitrogens with zero attached hydrogens (tertiary/aromatic N) is 1. The maximum Gasteiger partial charge on any atom is 0.234 e. The smallest absolute Gasteiger partial charge is 0.234 e. The summed E-state index contributed by atoms with van der Waals surface area (Å²) in [6, 6.07) is 21.3. The van der Waals surface area contributed by atoms with E-state index in [-0.39, 0.29) is 28.2 Å². The van der Waals surface area contributed by atoms with E-state index in [1.165, 1.54) is 12.1 Å². The van der Waals surface area contributed by atoms with Crippen molar-refractivity contribution in [2.24, 2.45) is 0 Å². The molecule has 0 saturated heterocycles. The van der Waals surface area contributed by atoms with Crippen molar-refractivity contribution in [3.63, 3.8) is 0 Å². The van der Waals surface area contributed by atoms with Crippen LogP contribution in [0.15, 0.2) is 97.8 Å². The Morgan fingerprint density at radius 3 is 2.31 bits per heavy atom. The van der Waals surface area contributed by atoms with Crippen LogP contribution in [0.4, 0.5) is 5.88 Å². The summed E-state index contributed by atoms with van der Waals surface area (Å²) >= 11 is 0. The van der Waals surface area contributed by atoms with Gasteiger partial charge in [0.15, 0.2) is 0 Å². The summed E-state index contributed by atoms with van der Waals surface area (Å²) in [5, 5.41) is 2.81. The number of aromatic nitrogens is 1. The Hall–Kier alpha value is -3.58. The first-order valence-corrected chi connectivity index (χ1v) is 10.4. The van der Waals surface area contributed by atoms with Crippen LogP contribution in [-0.4, -0.2) is 13.4 Å². The van der Waals surface area contributed by atoms with E-state index in [2.05, 4.69) is 10.3 Å². The molecule has 6 nitrogen and oxygen atoms in total. The van der Waals surface area contributed by atoms with Gasteiger partial charge in [0.05, 0.1) is 17.7 Å². The fourth-order valence-electron chi connectivity index (χ4n) is 2.71. The lowest BCUT2D eigenvalue weighted by Gasteiger charge is -2.04. The minimum atomic E-state index is -3.85. The van der Waals surface area contributed by atoms with Gasteiger partial charge >= 0.3 is 0 Å². The van der Waals surface area contributed by atoms with Gasteiger partial charge in [0.25, 0.3) is 0 Å². The molecule has 0 aliphatic carbocycles. The maximum atomic E-state index is 13.1. The number of furan rings is 1. The van der Waals surface area contributed by atoms with Crippen molar-refractivity contribution in [1.29, 1.82) is 0 Å². The molecule has 146 valence electrons. The van der Waals surface area contributed by atoms with E-state index in [9.17, 15) is 8.42 Å². The minimum absolute atomic E-state index is 0.0676. The van der Waals surface area contributed by atoms with Crippen LogP contribution in [0.25, 0.3) is 12.2 Å². The topological polar surface area (TPSA) is 85.3 Å². The van der Waals surface area contributed by atoms with E-state index in [1.54, 1.807) is 48.7 Å². The molecule has 2 heterocycles. The molecule has 1 N–H and O–H groups in total. The third kappa shape index (κ3) is 4.30. The Balaban J connectivity index is 1.69. The highest BCUT2D eigenvalue weighted by Gasteiger charge is 2.27. The zero-order chi connectivity index (χ0) is 20.1. The molecule has 0 saturated carbocycles. The zero-order valence-corrected chi connectivity index (χ0v) is 16.2. The largest absolute Gasteiger partial charge is 0.467 e. The normalized spacial score (nSPS) is 11.7. The molecule has 4 rings (SSSR count). The lowest BCUT2D eigenvalue weighted by Crippen LogP contribution is -2.07. The summed E-state index contributed by atoms with van der Waals surface area (Å²) in [6.07, 6.45) is 4.99. The van der Waals surface area contributed by atoms with Gasteiger partial charge in [0.1, 0.15) is 5.76 Å². The van der Waals surface area contributed by atoms with Gasteiger partial charge < -0.3 is 14.2 Å². The van der Waals surface area contributed by atoms with Crippen LogP contribution in [0.3, 0.4) is 0 Å². The van der Waals surface area contributed by atoms with Gasteiger partial charge in [-0.15, -0.1) is 0 Å². The second-order valence-corrected chi connectivity index (χ2v) is 8.04. The molecule has 0 radical (unpaired) electrons. The Bertz CT molecular complexity index is 1200. The third-order valence-corrected chi connectivity index (χ3v) is 5.82. The molecule has 0 atom stereocenters. The quantitative estimate of drug-likeness (QED) is 0.471. The second-order valence-electron chi connectivity index (χ2n) is 6.18. The molecule has 29 heavy (non-hydrogen) atoms. The van der Waals surface area contributed by atoms with E-state index in [0.29, 0.717) is 5.76 Å². The van der Waals surface area contributed by atoms with Crippen LogP contribution in [0, 0.1) is 0 Å². The van der Waals surface area contributed by atoms with Crippen molar-refractivity contribution in [2.45, 2.75) is 16.5 Å². The summed E-state index contributed by atoms with van der Waals surface area (Å²) < 4.78 is 37.2. The van der Waals surface area contributed by atoms with E-state index in [0.717, 1.165) is 5.56 Å². The van der Waals surface area contributed by atoms with Gasteiger partial charge in [-0.1, -0.05) is 48.5 Å². The summed E-state index contributed by atoms with van der Waals surface area (Å²) in [7, 11) is -3.85. The van der Waals surface area contributed by atoms with Crippen molar-refractivity contribution >= 4 is 27.9 Å². The standard InChI is InChI=1S/C22H18N2O4S/c25-29(26,19-11-5-2-6-12-19)22-21(23-16-18-10-7-15-27-18)28-20(24-22)14-13-17-8-3-1-4-9-17/h1-15,23H,16H2/b14-13+. The van der Waals surface area contributed by atoms with Crippen LogP contribution in [0.1, 0.15) is 17.2 Å². The summed E-state index contributed by atoms with van der Waals surface area (Å²) in [5.41, 5.74) is 0.947. The number of hydrogen-bond acceptors (Lipinski definition) is 6. The first-order chi connectivity index (χ1) is 14.1. The average molecular weight is 406 g/mol. The van der Waals surface area contributed by atoms with Crippen molar-refractivity contribution in [3.05, 3.63) is 96.3 Å². The molecule has 4 aromatic rings. The van der Waals surface area contributed by atoms with E-state index < -0.39 is 9.84 Å². The van der Waals surface area contributed by atoms with Crippen LogP contribution in [-0.2, 0) is 16.4 Å². The van der Waals surface area contributed by atoms with Gasteiger partial charge in [-0.05, 0) is 35.9 Å². The predicted molar refractivity (Wildman–Crippen MR) is 110 cm³/mol. The number of rotatable bonds is 7. The van der Waals surface area contributed by atoms with E-state index in [4.69, 9.17) is 8.83 Å². The van der Waals surface area contributed by atoms with Crippen molar-refractivity contribution in [2.75, 3.05) is 5.32 Å². The Labute approximate surface area is 168 Å². The Morgan fingerprint density at radius 2 is 1.62 bits per heavy atom. The highest BCUT2D eigenvalue weighted by molar-refractivity contribution is 7.91. The van der Waals surface area contributed by atoms with Crippen molar-refractivity contribution in [1.82, 2.24) is 4.98 Å². The average Bonchev–Trinajstić information content (AvgIpc) is 3.42. The Kier molecular flexibility index (Phi) is 5.31. The number of sulfone groups is 1. The first-order valence-electron chi connectivity index (χ1n) is 8.93. The maximum absolute atomic E-state index is 13.1. The van der Waals surface area contributed by atoms with Crippen LogP contribution >= 0.6 is 0 Å². The minimum Gasteiger partial charge on any atom is -0.467 e. The molecule has 2 aromatic carbocycles. The Morgan fingerprint density at radius 1 is 0.897 bits per heavy atom. The SMILES string of the molecule is O=S(=O)(c1ccccc1)c1nc(/C=C/c2ccccc2)oc1NCc1ccco1. The lowest BCUT2D eigenvalue weighted by molar-refractivity contribution is 0.508. The summed E-state index contributed by atoms with van der Waals surface area (Å²) in [5.74, 6) is 0.897. The second kappa shape index (κ2) is 8.20. The molecule has 0 aliphatic heterocycles. The highest BCUT2D eigenvalue weighted by atomic mass is 32.2. The molecule has 0 aliphatic rings. The summed E-state index contributed by atoms with van der Waals surface area (Å²) in [4.78, 5) is 4.38. The van der Waals surface area contributed by atoms with E-state index in [1.807, 2.05) is 30.3 Å². The first kappa shape index (κ1) is 18.8. The molecule has 0 spiro atoms. The van der Waals surface area contributed by atoms with Gasteiger partial charge in [-0.2, -0.15) is 4.98 Å². The van der Waals surface area contributed by atoms with Gasteiger partial charge in [0.2, 0.25) is 26.6 Å². The van der Waals surface area contributed by atoms with Gasteiger partial charge in [-0.25, -0.2) is 8.42 Å². The zero-order valence-electron chi connectivity index (χ0n) is 15.4. The number of anilines is 1. The molecule has 0 bridgehead atoms. The van der Waals surface area contributed by atoms with Crippen LogP contribution in [0.5, 0.6) is 0 Å². The fourth-order valence-corrected chi connectivity index (χ4v) is 4.02. The molecule has 7 heteroatoms. The van der Waals surface area contributed by atoms with E-state index >= 15 is 0 Å². The lowest BCUT2D eigenvalue weighted by atomic mass is 10.2. The molecular formula is C22H18N2O4S. The van der Waals surface area contributed by atoms with Crippen LogP contribution in [0.2, 0.25) is 0 Å². The molecule has 0 unspecified atom stereocenters. The van der Waals surface area contributed by atoms with Crippen molar-refractivity contribution < 1.29 is 17.3 Å².